The lowest BCUT2D eigenvalue weighted by atomic mass is 9.79. The average molecular weight is 156 g/mol. The summed E-state index contributed by atoms with van der Waals surface area (Å²) in [7, 11) is 0. The summed E-state index contributed by atoms with van der Waals surface area (Å²) in [5.74, 6) is 2.07. The standard InChI is InChI=1S/C9H18.C2H6/c1-3-9-7-5-4-6-8(9)2;1-2/h8-9H,3-7H2,1-2H3;1-2H3/t8-,9+;/m0./s1. The Kier molecular flexibility index (Phi) is 6.69. The van der Waals surface area contributed by atoms with Gasteiger partial charge in [0.1, 0.15) is 0 Å². The van der Waals surface area contributed by atoms with Crippen LogP contribution >= 0.6 is 0 Å². The van der Waals surface area contributed by atoms with Crippen molar-refractivity contribution in [2.45, 2.75) is 59.8 Å². The van der Waals surface area contributed by atoms with Gasteiger partial charge in [-0.2, -0.15) is 0 Å². The predicted molar refractivity (Wildman–Crippen MR) is 52.8 cm³/mol. The van der Waals surface area contributed by atoms with E-state index < -0.39 is 0 Å². The van der Waals surface area contributed by atoms with E-state index in [0.717, 1.165) is 11.8 Å². The second-order valence-electron chi connectivity index (χ2n) is 3.43. The van der Waals surface area contributed by atoms with Gasteiger partial charge in [-0.3, -0.25) is 0 Å². The number of rotatable bonds is 1. The lowest BCUT2D eigenvalue weighted by molar-refractivity contribution is 0.249. The zero-order valence-electron chi connectivity index (χ0n) is 8.69. The van der Waals surface area contributed by atoms with Gasteiger partial charge in [-0.25, -0.2) is 0 Å². The van der Waals surface area contributed by atoms with E-state index in [9.17, 15) is 0 Å². The molecule has 0 aromatic carbocycles. The van der Waals surface area contributed by atoms with Gasteiger partial charge in [0.05, 0.1) is 0 Å². The third-order valence-electron chi connectivity index (χ3n) is 2.81. The fraction of sp³-hybridized carbons (Fsp3) is 1.00. The molecule has 0 unspecified atom stereocenters. The Bertz CT molecular complexity index is 76.1. The Labute approximate surface area is 72.4 Å². The average Bonchev–Trinajstić information content (AvgIpc) is 2.09. The molecule has 0 aliphatic heterocycles. The van der Waals surface area contributed by atoms with Crippen LogP contribution in [0.1, 0.15) is 59.8 Å². The van der Waals surface area contributed by atoms with E-state index in [1.54, 1.807) is 0 Å². The lowest BCUT2D eigenvalue weighted by Crippen LogP contribution is -2.15. The molecule has 0 heteroatoms. The second kappa shape index (κ2) is 6.69. The maximum atomic E-state index is 2.41. The lowest BCUT2D eigenvalue weighted by Gasteiger charge is -2.27. The third-order valence-corrected chi connectivity index (χ3v) is 2.81. The Morgan fingerprint density at radius 1 is 1.09 bits per heavy atom. The molecule has 11 heavy (non-hydrogen) atoms. The quantitative estimate of drug-likeness (QED) is 0.532. The van der Waals surface area contributed by atoms with Crippen molar-refractivity contribution < 1.29 is 0 Å². The van der Waals surface area contributed by atoms with Crippen molar-refractivity contribution in [1.29, 1.82) is 0 Å². The first kappa shape index (κ1) is 11.0. The molecule has 1 fully saturated rings. The largest absolute Gasteiger partial charge is 0.0683 e. The highest BCUT2D eigenvalue weighted by atomic mass is 14.2. The molecule has 0 saturated heterocycles. The zero-order valence-corrected chi connectivity index (χ0v) is 8.69. The van der Waals surface area contributed by atoms with E-state index in [1.165, 1.54) is 32.1 Å². The first-order valence-corrected chi connectivity index (χ1v) is 5.34. The van der Waals surface area contributed by atoms with Gasteiger partial charge in [-0.1, -0.05) is 59.8 Å². The minimum Gasteiger partial charge on any atom is -0.0683 e. The van der Waals surface area contributed by atoms with Crippen LogP contribution in [0.5, 0.6) is 0 Å². The molecule has 0 N–H and O–H groups in total. The van der Waals surface area contributed by atoms with E-state index in [0.29, 0.717) is 0 Å². The zero-order chi connectivity index (χ0) is 8.69. The molecular formula is C11H24. The summed E-state index contributed by atoms with van der Waals surface area (Å²) in [5.41, 5.74) is 0. The Hall–Kier alpha value is 0. The molecule has 1 rings (SSSR count). The maximum absolute atomic E-state index is 2.41. The first-order chi connectivity index (χ1) is 5.34. The SMILES string of the molecule is CC.CC[C@@H]1CCCC[C@@H]1C. The molecule has 0 bridgehead atoms. The minimum absolute atomic E-state index is 1.02. The van der Waals surface area contributed by atoms with Crippen LogP contribution in [0, 0.1) is 11.8 Å². The summed E-state index contributed by atoms with van der Waals surface area (Å²) < 4.78 is 0. The molecular weight excluding hydrogens is 132 g/mol. The van der Waals surface area contributed by atoms with Gasteiger partial charge in [0.2, 0.25) is 0 Å². The van der Waals surface area contributed by atoms with Crippen molar-refractivity contribution in [2.75, 3.05) is 0 Å². The molecule has 1 aliphatic carbocycles. The summed E-state index contributed by atoms with van der Waals surface area (Å²) in [5, 5.41) is 0. The van der Waals surface area contributed by atoms with Crippen LogP contribution in [0.2, 0.25) is 0 Å². The monoisotopic (exact) mass is 156 g/mol. The first-order valence-electron chi connectivity index (χ1n) is 5.34. The minimum atomic E-state index is 1.02. The van der Waals surface area contributed by atoms with Crippen molar-refractivity contribution in [3.63, 3.8) is 0 Å². The molecule has 0 heterocycles. The van der Waals surface area contributed by atoms with Gasteiger partial charge < -0.3 is 0 Å². The molecule has 0 aromatic heterocycles. The highest BCUT2D eigenvalue weighted by Gasteiger charge is 2.18. The van der Waals surface area contributed by atoms with Gasteiger partial charge in [0.25, 0.3) is 0 Å². The van der Waals surface area contributed by atoms with Crippen LogP contribution in [0.25, 0.3) is 0 Å². The summed E-state index contributed by atoms with van der Waals surface area (Å²) >= 11 is 0. The van der Waals surface area contributed by atoms with Crippen molar-refractivity contribution in [1.82, 2.24) is 0 Å². The fourth-order valence-corrected chi connectivity index (χ4v) is 2.00. The van der Waals surface area contributed by atoms with Crippen molar-refractivity contribution >= 4 is 0 Å². The van der Waals surface area contributed by atoms with Crippen LogP contribution in [-0.2, 0) is 0 Å². The molecule has 2 atom stereocenters. The number of hydrogen-bond donors (Lipinski definition) is 0. The molecule has 0 spiro atoms. The van der Waals surface area contributed by atoms with E-state index in [-0.39, 0.29) is 0 Å². The van der Waals surface area contributed by atoms with Gasteiger partial charge in [-0.15, -0.1) is 0 Å². The van der Waals surface area contributed by atoms with Crippen LogP contribution in [0.3, 0.4) is 0 Å². The third kappa shape index (κ3) is 3.79. The van der Waals surface area contributed by atoms with Crippen molar-refractivity contribution in [3.05, 3.63) is 0 Å². The van der Waals surface area contributed by atoms with Crippen molar-refractivity contribution in [2.24, 2.45) is 11.8 Å². The fourth-order valence-electron chi connectivity index (χ4n) is 2.00. The van der Waals surface area contributed by atoms with Crippen LogP contribution in [-0.4, -0.2) is 0 Å². The molecule has 1 aliphatic rings. The van der Waals surface area contributed by atoms with E-state index in [1.807, 2.05) is 13.8 Å². The Morgan fingerprint density at radius 2 is 1.64 bits per heavy atom. The van der Waals surface area contributed by atoms with E-state index >= 15 is 0 Å². The smallest absolute Gasteiger partial charge is 0.0391 e. The Balaban J connectivity index is 0.000000461. The van der Waals surface area contributed by atoms with Gasteiger partial charge >= 0.3 is 0 Å². The van der Waals surface area contributed by atoms with Gasteiger partial charge in [0, 0.05) is 0 Å². The van der Waals surface area contributed by atoms with Crippen molar-refractivity contribution in [3.8, 4) is 0 Å². The van der Waals surface area contributed by atoms with E-state index in [2.05, 4.69) is 13.8 Å². The molecule has 0 amide bonds. The molecule has 0 aromatic rings. The Morgan fingerprint density at radius 3 is 2.00 bits per heavy atom. The number of hydrogen-bond acceptors (Lipinski definition) is 0. The molecule has 0 nitrogen and oxygen atoms in total. The predicted octanol–water partition coefficient (Wildman–Crippen LogP) is 4.25. The molecule has 0 radical (unpaired) electrons. The van der Waals surface area contributed by atoms with Crippen LogP contribution in [0.4, 0.5) is 0 Å². The second-order valence-corrected chi connectivity index (χ2v) is 3.43. The topological polar surface area (TPSA) is 0 Å². The van der Waals surface area contributed by atoms with Gasteiger partial charge in [-0.05, 0) is 11.8 Å². The maximum Gasteiger partial charge on any atom is -0.0391 e. The normalized spacial score (nSPS) is 30.5. The summed E-state index contributed by atoms with van der Waals surface area (Å²) in [6, 6.07) is 0. The summed E-state index contributed by atoms with van der Waals surface area (Å²) in [6.07, 6.45) is 7.36. The molecule has 1 saturated carbocycles. The van der Waals surface area contributed by atoms with Crippen LogP contribution in [0.15, 0.2) is 0 Å². The highest BCUT2D eigenvalue weighted by molar-refractivity contribution is 4.70. The highest BCUT2D eigenvalue weighted by Crippen LogP contribution is 2.31. The molecule has 68 valence electrons. The van der Waals surface area contributed by atoms with Gasteiger partial charge in [0.15, 0.2) is 0 Å². The van der Waals surface area contributed by atoms with E-state index in [4.69, 9.17) is 0 Å². The summed E-state index contributed by atoms with van der Waals surface area (Å²) in [6.45, 7) is 8.74. The van der Waals surface area contributed by atoms with Crippen LogP contribution < -0.4 is 0 Å². The summed E-state index contributed by atoms with van der Waals surface area (Å²) in [4.78, 5) is 0.